The van der Waals surface area contributed by atoms with Crippen molar-refractivity contribution in [3.05, 3.63) is 89.5 Å². The molecular formula is C25H24F3N3O3. The fraction of sp³-hybridized carbons (Fsp3) is 0.200. The number of nitrogens with one attached hydrogen (secondary N) is 3. The number of anilines is 2. The summed E-state index contributed by atoms with van der Waals surface area (Å²) in [6.07, 6.45) is -3.87. The van der Waals surface area contributed by atoms with Crippen molar-refractivity contribution in [3.8, 4) is 5.75 Å². The number of para-hydroxylation sites is 1. The number of alkyl halides is 3. The van der Waals surface area contributed by atoms with Gasteiger partial charge in [-0.25, -0.2) is 0 Å². The van der Waals surface area contributed by atoms with Gasteiger partial charge in [0.25, 0.3) is 5.91 Å². The second-order valence-corrected chi connectivity index (χ2v) is 7.38. The summed E-state index contributed by atoms with van der Waals surface area (Å²) in [5.74, 6) is -0.103. The molecule has 0 unspecified atom stereocenters. The normalized spacial score (nSPS) is 10.9. The van der Waals surface area contributed by atoms with E-state index in [-0.39, 0.29) is 18.1 Å². The van der Waals surface area contributed by atoms with Gasteiger partial charge in [0.05, 0.1) is 24.8 Å². The Labute approximate surface area is 195 Å². The van der Waals surface area contributed by atoms with Crippen molar-refractivity contribution in [2.24, 2.45) is 0 Å². The Hall–Kier alpha value is -4.01. The number of hydrogen-bond acceptors (Lipinski definition) is 4. The van der Waals surface area contributed by atoms with Crippen LogP contribution in [0.25, 0.3) is 0 Å². The maximum Gasteiger partial charge on any atom is 0.416 e. The molecule has 3 aromatic rings. The zero-order valence-corrected chi connectivity index (χ0v) is 18.4. The van der Waals surface area contributed by atoms with E-state index < -0.39 is 17.6 Å². The highest BCUT2D eigenvalue weighted by molar-refractivity contribution is 6.00. The van der Waals surface area contributed by atoms with Gasteiger partial charge in [0.1, 0.15) is 5.75 Å². The number of carbonyl (C=O) groups excluding carboxylic acids is 2. The summed E-state index contributed by atoms with van der Waals surface area (Å²) in [5, 5.41) is 8.14. The number of benzene rings is 3. The van der Waals surface area contributed by atoms with Crippen LogP contribution < -0.4 is 20.7 Å². The van der Waals surface area contributed by atoms with E-state index in [0.29, 0.717) is 24.2 Å². The van der Waals surface area contributed by atoms with Gasteiger partial charge in [-0.1, -0.05) is 30.3 Å². The predicted octanol–water partition coefficient (Wildman–Crippen LogP) is 4.74. The summed E-state index contributed by atoms with van der Waals surface area (Å²) in [5.41, 5.74) is 1.01. The first-order valence-electron chi connectivity index (χ1n) is 10.5. The van der Waals surface area contributed by atoms with Crippen molar-refractivity contribution < 1.29 is 27.5 Å². The van der Waals surface area contributed by atoms with Crippen LogP contribution in [0.15, 0.2) is 72.8 Å². The Morgan fingerprint density at radius 1 is 0.941 bits per heavy atom. The third kappa shape index (κ3) is 6.99. The lowest BCUT2D eigenvalue weighted by atomic mass is 10.1. The van der Waals surface area contributed by atoms with Gasteiger partial charge in [-0.3, -0.25) is 9.59 Å². The van der Waals surface area contributed by atoms with Crippen molar-refractivity contribution in [1.29, 1.82) is 0 Å². The van der Waals surface area contributed by atoms with Gasteiger partial charge in [0.15, 0.2) is 0 Å². The molecule has 0 bridgehead atoms. The molecule has 0 aromatic heterocycles. The van der Waals surface area contributed by atoms with Crippen LogP contribution in [0.5, 0.6) is 5.75 Å². The molecule has 6 nitrogen and oxygen atoms in total. The lowest BCUT2D eigenvalue weighted by molar-refractivity contribution is -0.137. The van der Waals surface area contributed by atoms with E-state index in [1.54, 1.807) is 31.4 Å². The van der Waals surface area contributed by atoms with Gasteiger partial charge in [0.2, 0.25) is 5.91 Å². The van der Waals surface area contributed by atoms with Crippen LogP contribution in [0.2, 0.25) is 0 Å². The Bertz CT molecular complexity index is 1130. The van der Waals surface area contributed by atoms with E-state index in [2.05, 4.69) is 16.0 Å². The molecule has 0 saturated carbocycles. The maximum absolute atomic E-state index is 12.8. The van der Waals surface area contributed by atoms with Crippen LogP contribution >= 0.6 is 0 Å². The first-order chi connectivity index (χ1) is 16.3. The third-order valence-corrected chi connectivity index (χ3v) is 4.94. The summed E-state index contributed by atoms with van der Waals surface area (Å²) in [6.45, 7) is 0.182. The minimum absolute atomic E-state index is 0.0335. The van der Waals surface area contributed by atoms with Crippen molar-refractivity contribution >= 4 is 23.2 Å². The van der Waals surface area contributed by atoms with E-state index in [0.717, 1.165) is 23.4 Å². The molecule has 0 atom stereocenters. The Morgan fingerprint density at radius 3 is 2.38 bits per heavy atom. The average molecular weight is 471 g/mol. The minimum atomic E-state index is -4.50. The molecule has 0 radical (unpaired) electrons. The summed E-state index contributed by atoms with van der Waals surface area (Å²) < 4.78 is 43.7. The molecule has 0 saturated heterocycles. The van der Waals surface area contributed by atoms with Gasteiger partial charge >= 0.3 is 6.18 Å². The largest absolute Gasteiger partial charge is 0.497 e. The summed E-state index contributed by atoms with van der Waals surface area (Å²) in [6, 6.07) is 18.6. The monoisotopic (exact) mass is 471 g/mol. The van der Waals surface area contributed by atoms with Crippen molar-refractivity contribution in [2.45, 2.75) is 12.6 Å². The van der Waals surface area contributed by atoms with Crippen LogP contribution in [-0.2, 0) is 17.4 Å². The second-order valence-electron chi connectivity index (χ2n) is 7.38. The van der Waals surface area contributed by atoms with Crippen LogP contribution in [0.4, 0.5) is 24.5 Å². The standard InChI is InChI=1S/C25H24F3N3O3/c1-34-20-11-9-17(10-12-20)13-14-29-24(33)21-7-2-3-8-22(21)30-16-23(32)31-19-6-4-5-18(15-19)25(26,27)28/h2-12,15,30H,13-14,16H2,1H3,(H,29,33)(H,31,32). The smallest absolute Gasteiger partial charge is 0.416 e. The SMILES string of the molecule is COc1ccc(CCNC(=O)c2ccccc2NCC(=O)Nc2cccc(C(F)(F)F)c2)cc1. The molecule has 34 heavy (non-hydrogen) atoms. The summed E-state index contributed by atoms with van der Waals surface area (Å²) in [4.78, 5) is 24.9. The first-order valence-corrected chi connectivity index (χ1v) is 10.5. The molecule has 0 spiro atoms. The highest BCUT2D eigenvalue weighted by atomic mass is 19.4. The lowest BCUT2D eigenvalue weighted by Gasteiger charge is -2.13. The number of amides is 2. The van der Waals surface area contributed by atoms with E-state index in [4.69, 9.17) is 4.74 Å². The van der Waals surface area contributed by atoms with Crippen LogP contribution in [-0.4, -0.2) is 32.0 Å². The highest BCUT2D eigenvalue weighted by Crippen LogP contribution is 2.30. The van der Waals surface area contributed by atoms with Crippen molar-refractivity contribution in [3.63, 3.8) is 0 Å². The Balaban J connectivity index is 1.54. The van der Waals surface area contributed by atoms with Crippen molar-refractivity contribution in [1.82, 2.24) is 5.32 Å². The highest BCUT2D eigenvalue weighted by Gasteiger charge is 2.30. The molecule has 0 aliphatic rings. The summed E-state index contributed by atoms with van der Waals surface area (Å²) in [7, 11) is 1.59. The molecular weight excluding hydrogens is 447 g/mol. The van der Waals surface area contributed by atoms with E-state index in [1.807, 2.05) is 24.3 Å². The number of methoxy groups -OCH3 is 1. The molecule has 3 aromatic carbocycles. The minimum Gasteiger partial charge on any atom is -0.497 e. The van der Waals surface area contributed by atoms with E-state index >= 15 is 0 Å². The number of carbonyl (C=O) groups is 2. The van der Waals surface area contributed by atoms with Gasteiger partial charge < -0.3 is 20.7 Å². The number of rotatable bonds is 9. The van der Waals surface area contributed by atoms with Crippen LogP contribution in [0.3, 0.4) is 0 Å². The first kappa shape index (κ1) is 24.6. The van der Waals surface area contributed by atoms with E-state index in [1.165, 1.54) is 12.1 Å². The predicted molar refractivity (Wildman–Crippen MR) is 124 cm³/mol. The molecule has 2 amide bonds. The van der Waals surface area contributed by atoms with Crippen LogP contribution in [0.1, 0.15) is 21.5 Å². The van der Waals surface area contributed by atoms with Gasteiger partial charge in [0, 0.05) is 17.9 Å². The topological polar surface area (TPSA) is 79.5 Å². The Morgan fingerprint density at radius 2 is 1.68 bits per heavy atom. The van der Waals surface area contributed by atoms with Gasteiger partial charge in [-0.05, 0) is 54.4 Å². The van der Waals surface area contributed by atoms with E-state index in [9.17, 15) is 22.8 Å². The quantitative estimate of drug-likeness (QED) is 0.421. The fourth-order valence-electron chi connectivity index (χ4n) is 3.20. The van der Waals surface area contributed by atoms with Gasteiger partial charge in [-0.2, -0.15) is 13.2 Å². The average Bonchev–Trinajstić information content (AvgIpc) is 2.83. The molecule has 0 aliphatic heterocycles. The second kappa shape index (κ2) is 11.2. The number of ether oxygens (including phenoxy) is 1. The third-order valence-electron chi connectivity index (χ3n) is 4.94. The fourth-order valence-corrected chi connectivity index (χ4v) is 3.20. The molecule has 0 aliphatic carbocycles. The molecule has 9 heteroatoms. The lowest BCUT2D eigenvalue weighted by Crippen LogP contribution is -2.28. The van der Waals surface area contributed by atoms with Crippen LogP contribution in [0, 0.1) is 0 Å². The summed E-state index contributed by atoms with van der Waals surface area (Å²) >= 11 is 0. The number of halogens is 3. The zero-order valence-electron chi connectivity index (χ0n) is 18.4. The molecule has 178 valence electrons. The molecule has 3 N–H and O–H groups in total. The maximum atomic E-state index is 12.8. The van der Waals surface area contributed by atoms with Gasteiger partial charge in [-0.15, -0.1) is 0 Å². The molecule has 0 fully saturated rings. The van der Waals surface area contributed by atoms with Crippen molar-refractivity contribution in [2.75, 3.05) is 30.8 Å². The Kier molecular flexibility index (Phi) is 8.13. The molecule has 0 heterocycles. The molecule has 3 rings (SSSR count). The number of hydrogen-bond donors (Lipinski definition) is 3. The zero-order chi connectivity index (χ0) is 24.6.